The molecule has 1 aliphatic heterocycles. The average Bonchev–Trinajstić information content (AvgIpc) is 2.27. The smallest absolute Gasteiger partial charge is 0.402 e. The maximum atomic E-state index is 12.6. The molecule has 0 fully saturated rings. The first-order chi connectivity index (χ1) is 8.73. The van der Waals surface area contributed by atoms with E-state index in [0.717, 1.165) is 0 Å². The molecule has 0 radical (unpaired) electrons. The van der Waals surface area contributed by atoms with Gasteiger partial charge in [-0.3, -0.25) is 4.79 Å². The van der Waals surface area contributed by atoms with Gasteiger partial charge >= 0.3 is 13.5 Å². The molecular formula is C10H11BF3NO4. The number of hydrogen-bond donors (Lipinski definition) is 4. The Labute approximate surface area is 106 Å². The van der Waals surface area contributed by atoms with E-state index in [4.69, 9.17) is 15.1 Å². The van der Waals surface area contributed by atoms with Crippen LogP contribution in [0.1, 0.15) is 21.8 Å². The summed E-state index contributed by atoms with van der Waals surface area (Å²) in [5.74, 6) is -2.03. The quantitative estimate of drug-likeness (QED) is 0.503. The van der Waals surface area contributed by atoms with Crippen molar-refractivity contribution in [2.45, 2.75) is 12.1 Å². The second-order valence-corrected chi connectivity index (χ2v) is 3.74. The van der Waals surface area contributed by atoms with Crippen molar-refractivity contribution in [3.63, 3.8) is 0 Å². The van der Waals surface area contributed by atoms with Gasteiger partial charge in [0, 0.05) is 12.1 Å². The summed E-state index contributed by atoms with van der Waals surface area (Å²) < 4.78 is 37.8. The molecule has 0 spiro atoms. The first-order valence-electron chi connectivity index (χ1n) is 5.21. The molecule has 1 amide bonds. The van der Waals surface area contributed by atoms with Crippen molar-refractivity contribution in [1.82, 2.24) is 5.32 Å². The Balaban J connectivity index is 0.000000399. The van der Waals surface area contributed by atoms with Gasteiger partial charge in [-0.25, -0.2) is 0 Å². The molecule has 5 nitrogen and oxygen atoms in total. The molecule has 2 rings (SSSR count). The molecule has 104 valence electrons. The van der Waals surface area contributed by atoms with Gasteiger partial charge in [-0.1, -0.05) is 18.2 Å². The minimum Gasteiger partial charge on any atom is -0.402 e. The molecule has 1 aliphatic rings. The van der Waals surface area contributed by atoms with E-state index in [1.165, 1.54) is 18.2 Å². The Bertz CT molecular complexity index is 450. The van der Waals surface area contributed by atoms with E-state index in [9.17, 15) is 18.0 Å². The lowest BCUT2D eigenvalue weighted by molar-refractivity contribution is -0.149. The number of carbonyl (C=O) groups excluding carboxylic acids is 1. The fraction of sp³-hybridized carbons (Fsp3) is 0.300. The van der Waals surface area contributed by atoms with Crippen molar-refractivity contribution < 1.29 is 33.0 Å². The zero-order chi connectivity index (χ0) is 14.6. The standard InChI is InChI=1S/C10H8F3NO.BH3O3/c11-10(12,13)8-5-14-9(15)7-4-2-1-3-6(7)8;2-1(3)4/h1-4,8H,5H2,(H,14,15);2-4H. The van der Waals surface area contributed by atoms with E-state index in [1.54, 1.807) is 6.07 Å². The fourth-order valence-corrected chi connectivity index (χ4v) is 1.70. The third kappa shape index (κ3) is 4.23. The van der Waals surface area contributed by atoms with Crippen molar-refractivity contribution in [1.29, 1.82) is 0 Å². The number of fused-ring (bicyclic) bond motifs is 1. The van der Waals surface area contributed by atoms with E-state index >= 15 is 0 Å². The Kier molecular flexibility index (Phi) is 4.93. The first-order valence-corrected chi connectivity index (χ1v) is 5.21. The number of carbonyl (C=O) groups is 1. The largest absolute Gasteiger partial charge is 0.631 e. The molecule has 9 heteroatoms. The monoisotopic (exact) mass is 277 g/mol. The number of hydrogen-bond acceptors (Lipinski definition) is 4. The van der Waals surface area contributed by atoms with E-state index in [2.05, 4.69) is 5.32 Å². The van der Waals surface area contributed by atoms with Gasteiger partial charge in [-0.05, 0) is 11.6 Å². The number of nitrogens with one attached hydrogen (secondary N) is 1. The first kappa shape index (κ1) is 15.5. The third-order valence-corrected chi connectivity index (χ3v) is 2.44. The zero-order valence-electron chi connectivity index (χ0n) is 9.55. The maximum absolute atomic E-state index is 12.6. The van der Waals surface area contributed by atoms with E-state index in [0.29, 0.717) is 0 Å². The van der Waals surface area contributed by atoms with Crippen LogP contribution in [0.5, 0.6) is 0 Å². The highest BCUT2D eigenvalue weighted by atomic mass is 19.4. The van der Waals surface area contributed by atoms with Gasteiger partial charge in [0.25, 0.3) is 5.91 Å². The second kappa shape index (κ2) is 6.05. The van der Waals surface area contributed by atoms with Crippen molar-refractivity contribution >= 4 is 13.2 Å². The van der Waals surface area contributed by atoms with Crippen LogP contribution in [-0.2, 0) is 0 Å². The van der Waals surface area contributed by atoms with Crippen molar-refractivity contribution in [3.05, 3.63) is 35.4 Å². The van der Waals surface area contributed by atoms with Gasteiger partial charge in [0.15, 0.2) is 0 Å². The molecule has 0 aromatic heterocycles. The number of amides is 1. The van der Waals surface area contributed by atoms with Gasteiger partial charge in [0.05, 0.1) is 5.92 Å². The molecular weight excluding hydrogens is 266 g/mol. The van der Waals surface area contributed by atoms with Crippen molar-refractivity contribution in [2.24, 2.45) is 0 Å². The lowest BCUT2D eigenvalue weighted by Gasteiger charge is -2.27. The maximum Gasteiger partial charge on any atom is 0.631 e. The Morgan fingerprint density at radius 1 is 1.21 bits per heavy atom. The second-order valence-electron chi connectivity index (χ2n) is 3.74. The number of alkyl halides is 3. The van der Waals surface area contributed by atoms with Gasteiger partial charge in [0.2, 0.25) is 0 Å². The molecule has 4 N–H and O–H groups in total. The molecule has 1 aromatic rings. The molecule has 0 saturated carbocycles. The summed E-state index contributed by atoms with van der Waals surface area (Å²) in [6, 6.07) is 5.82. The van der Waals surface area contributed by atoms with Crippen LogP contribution in [0.15, 0.2) is 24.3 Å². The molecule has 19 heavy (non-hydrogen) atoms. The zero-order valence-corrected chi connectivity index (χ0v) is 9.55. The summed E-state index contributed by atoms with van der Waals surface area (Å²) in [6.45, 7) is -0.376. The molecule has 1 heterocycles. The topological polar surface area (TPSA) is 89.8 Å². The molecule has 0 aliphatic carbocycles. The predicted octanol–water partition coefficient (Wildman–Crippen LogP) is 0.0241. The molecule has 1 unspecified atom stereocenters. The lowest BCUT2D eigenvalue weighted by Crippen LogP contribution is -2.40. The van der Waals surface area contributed by atoms with Crippen molar-refractivity contribution in [2.75, 3.05) is 6.54 Å². The SMILES string of the molecule is O=C1NCC(C(F)(F)F)c2ccccc21.OB(O)O. The van der Waals surface area contributed by atoms with Crippen molar-refractivity contribution in [3.8, 4) is 0 Å². The van der Waals surface area contributed by atoms with Crippen LogP contribution in [0.3, 0.4) is 0 Å². The minimum absolute atomic E-state index is 0.0637. The van der Waals surface area contributed by atoms with Crippen LogP contribution in [0.2, 0.25) is 0 Å². The average molecular weight is 277 g/mol. The Morgan fingerprint density at radius 2 is 1.74 bits per heavy atom. The highest BCUT2D eigenvalue weighted by molar-refractivity contribution is 6.30. The van der Waals surface area contributed by atoms with E-state index < -0.39 is 25.3 Å². The summed E-state index contributed by atoms with van der Waals surface area (Å²) in [6.07, 6.45) is -4.32. The summed E-state index contributed by atoms with van der Waals surface area (Å²) in [5, 5.41) is 23.7. The van der Waals surface area contributed by atoms with Gasteiger partial charge in [-0.15, -0.1) is 0 Å². The number of halogens is 3. The Hall–Kier alpha value is -1.58. The van der Waals surface area contributed by atoms with Gasteiger partial charge in [0.1, 0.15) is 0 Å². The van der Waals surface area contributed by atoms with E-state index in [1.807, 2.05) is 0 Å². The molecule has 0 bridgehead atoms. The molecule has 0 saturated heterocycles. The highest BCUT2D eigenvalue weighted by Gasteiger charge is 2.44. The lowest BCUT2D eigenvalue weighted by atomic mass is 9.90. The normalized spacial score (nSPS) is 17.8. The Morgan fingerprint density at radius 3 is 2.26 bits per heavy atom. The summed E-state index contributed by atoms with van der Waals surface area (Å²) in [5.41, 5.74) is 0.180. The summed E-state index contributed by atoms with van der Waals surface area (Å²) in [4.78, 5) is 11.3. The number of rotatable bonds is 0. The van der Waals surface area contributed by atoms with Crippen LogP contribution < -0.4 is 5.32 Å². The summed E-state index contributed by atoms with van der Waals surface area (Å²) >= 11 is 0. The van der Waals surface area contributed by atoms with Crippen LogP contribution >= 0.6 is 0 Å². The third-order valence-electron chi connectivity index (χ3n) is 2.44. The number of benzene rings is 1. The van der Waals surface area contributed by atoms with Gasteiger partial charge in [-0.2, -0.15) is 13.2 Å². The van der Waals surface area contributed by atoms with Gasteiger partial charge < -0.3 is 20.4 Å². The van der Waals surface area contributed by atoms with E-state index in [-0.39, 0.29) is 17.7 Å². The van der Waals surface area contributed by atoms with Crippen LogP contribution in [0, 0.1) is 0 Å². The predicted molar refractivity (Wildman–Crippen MR) is 60.0 cm³/mol. The highest BCUT2D eigenvalue weighted by Crippen LogP contribution is 2.37. The molecule has 1 aromatic carbocycles. The fourth-order valence-electron chi connectivity index (χ4n) is 1.70. The van der Waals surface area contributed by atoms with Crippen LogP contribution in [0.4, 0.5) is 13.2 Å². The van der Waals surface area contributed by atoms with Crippen LogP contribution in [-0.4, -0.2) is 41.0 Å². The molecule has 1 atom stereocenters. The minimum atomic E-state index is -4.32. The summed E-state index contributed by atoms with van der Waals surface area (Å²) in [7, 11) is -2.17. The van der Waals surface area contributed by atoms with Crippen LogP contribution in [0.25, 0.3) is 0 Å².